The lowest BCUT2D eigenvalue weighted by molar-refractivity contribution is -0.143. The number of hydrogen-bond donors (Lipinski definition) is 1. The average Bonchev–Trinajstić information content (AvgIpc) is 2.47. The molecule has 1 aromatic heterocycles. The van der Waals surface area contributed by atoms with Crippen molar-refractivity contribution in [2.45, 2.75) is 19.4 Å². The molecule has 1 unspecified atom stereocenters. The van der Waals surface area contributed by atoms with Crippen molar-refractivity contribution in [3.63, 3.8) is 0 Å². The van der Waals surface area contributed by atoms with Crippen LogP contribution in [0.15, 0.2) is 19.6 Å². The zero-order chi connectivity index (χ0) is 11.4. The van der Waals surface area contributed by atoms with Crippen LogP contribution >= 0.6 is 31.9 Å². The molecule has 0 amide bonds. The van der Waals surface area contributed by atoms with Crippen molar-refractivity contribution in [2.75, 3.05) is 6.61 Å². The molecular formula is C9H11Br2NO3. The summed E-state index contributed by atoms with van der Waals surface area (Å²) in [6.07, 6.45) is 0.111. The first-order valence-electron chi connectivity index (χ1n) is 4.40. The maximum absolute atomic E-state index is 11.2. The third kappa shape index (κ3) is 3.62. The van der Waals surface area contributed by atoms with Gasteiger partial charge in [-0.2, -0.15) is 0 Å². The van der Waals surface area contributed by atoms with E-state index in [9.17, 15) is 4.79 Å². The Morgan fingerprint density at radius 3 is 2.80 bits per heavy atom. The fourth-order valence-electron chi connectivity index (χ4n) is 1.05. The van der Waals surface area contributed by atoms with E-state index < -0.39 is 6.04 Å². The van der Waals surface area contributed by atoms with Gasteiger partial charge in [-0.15, -0.1) is 0 Å². The summed E-state index contributed by atoms with van der Waals surface area (Å²) in [5.41, 5.74) is 5.77. The van der Waals surface area contributed by atoms with E-state index in [2.05, 4.69) is 31.9 Å². The predicted octanol–water partition coefficient (Wildman–Crippen LogP) is 2.76. The highest BCUT2D eigenvalue weighted by Gasteiger charge is 2.17. The lowest BCUT2D eigenvalue weighted by Crippen LogP contribution is -2.16. The van der Waals surface area contributed by atoms with E-state index >= 15 is 0 Å². The van der Waals surface area contributed by atoms with E-state index in [0.717, 1.165) is 4.47 Å². The SMILES string of the molecule is CCOC(=O)CC(N)c1cc(Br)c(Br)o1. The minimum Gasteiger partial charge on any atom is -0.466 e. The quantitative estimate of drug-likeness (QED) is 0.856. The number of esters is 1. The van der Waals surface area contributed by atoms with Gasteiger partial charge in [0.15, 0.2) is 4.67 Å². The van der Waals surface area contributed by atoms with E-state index in [4.69, 9.17) is 14.9 Å². The van der Waals surface area contributed by atoms with Gasteiger partial charge in [-0.25, -0.2) is 0 Å². The summed E-state index contributed by atoms with van der Waals surface area (Å²) in [6, 6.07) is 1.25. The maximum atomic E-state index is 11.2. The third-order valence-electron chi connectivity index (χ3n) is 1.72. The van der Waals surface area contributed by atoms with Crippen molar-refractivity contribution < 1.29 is 13.9 Å². The Balaban J connectivity index is 2.60. The van der Waals surface area contributed by atoms with Crippen molar-refractivity contribution in [1.82, 2.24) is 0 Å². The molecule has 1 rings (SSSR count). The van der Waals surface area contributed by atoms with Crippen LogP contribution in [0.1, 0.15) is 25.1 Å². The number of carbonyl (C=O) groups excluding carboxylic acids is 1. The minimum atomic E-state index is -0.480. The second-order valence-electron chi connectivity index (χ2n) is 2.89. The zero-order valence-electron chi connectivity index (χ0n) is 8.13. The molecule has 4 nitrogen and oxygen atoms in total. The lowest BCUT2D eigenvalue weighted by atomic mass is 10.2. The molecule has 1 heterocycles. The molecule has 0 spiro atoms. The first kappa shape index (κ1) is 12.7. The van der Waals surface area contributed by atoms with Gasteiger partial charge >= 0.3 is 5.97 Å². The van der Waals surface area contributed by atoms with Crippen molar-refractivity contribution in [2.24, 2.45) is 5.73 Å². The first-order chi connectivity index (χ1) is 7.04. The van der Waals surface area contributed by atoms with Crippen LogP contribution in [0, 0.1) is 0 Å². The van der Waals surface area contributed by atoms with Gasteiger partial charge in [0.2, 0.25) is 0 Å². The zero-order valence-corrected chi connectivity index (χ0v) is 11.3. The maximum Gasteiger partial charge on any atom is 0.307 e. The summed E-state index contributed by atoms with van der Waals surface area (Å²) >= 11 is 6.46. The fraction of sp³-hybridized carbons (Fsp3) is 0.444. The van der Waals surface area contributed by atoms with E-state index in [-0.39, 0.29) is 12.4 Å². The molecule has 0 bridgehead atoms. The Morgan fingerprint density at radius 1 is 1.67 bits per heavy atom. The van der Waals surface area contributed by atoms with E-state index in [1.807, 2.05) is 0 Å². The number of furan rings is 1. The van der Waals surface area contributed by atoms with Gasteiger partial charge in [-0.3, -0.25) is 4.79 Å². The Labute approximate surface area is 104 Å². The molecule has 0 aliphatic rings. The molecule has 6 heteroatoms. The second-order valence-corrected chi connectivity index (χ2v) is 4.46. The Kier molecular flexibility index (Phi) is 4.82. The Hall–Kier alpha value is -0.330. The Bertz CT molecular complexity index is 332. The van der Waals surface area contributed by atoms with Crippen molar-refractivity contribution >= 4 is 37.8 Å². The molecule has 2 N–H and O–H groups in total. The minimum absolute atomic E-state index is 0.111. The molecule has 0 fully saturated rings. The summed E-state index contributed by atoms with van der Waals surface area (Å²) < 4.78 is 11.4. The van der Waals surface area contributed by atoms with Gasteiger partial charge < -0.3 is 14.9 Å². The molecule has 84 valence electrons. The molecule has 1 aromatic rings. The highest BCUT2D eigenvalue weighted by atomic mass is 79.9. The standard InChI is InChI=1S/C9H11Br2NO3/c1-2-14-8(13)4-6(12)7-3-5(10)9(11)15-7/h3,6H,2,4,12H2,1H3. The average molecular weight is 341 g/mol. The van der Waals surface area contributed by atoms with E-state index in [1.165, 1.54) is 0 Å². The van der Waals surface area contributed by atoms with Crippen LogP contribution in [0.5, 0.6) is 0 Å². The summed E-state index contributed by atoms with van der Waals surface area (Å²) in [6.45, 7) is 2.11. The van der Waals surface area contributed by atoms with Gasteiger partial charge in [-0.1, -0.05) is 0 Å². The summed E-state index contributed by atoms with van der Waals surface area (Å²) in [4.78, 5) is 11.2. The summed E-state index contributed by atoms with van der Waals surface area (Å²) in [5, 5.41) is 0. The molecule has 0 saturated carbocycles. The van der Waals surface area contributed by atoms with Gasteiger partial charge in [-0.05, 0) is 44.8 Å². The molecule has 15 heavy (non-hydrogen) atoms. The number of rotatable bonds is 4. The van der Waals surface area contributed by atoms with E-state index in [1.54, 1.807) is 13.0 Å². The molecule has 0 radical (unpaired) electrons. The highest BCUT2D eigenvalue weighted by molar-refractivity contribution is 9.13. The molecule has 0 aliphatic heterocycles. The Morgan fingerprint density at radius 2 is 2.33 bits per heavy atom. The fourth-order valence-corrected chi connectivity index (χ4v) is 1.65. The second kappa shape index (κ2) is 5.67. The lowest BCUT2D eigenvalue weighted by Gasteiger charge is -2.07. The number of halogens is 2. The molecular weight excluding hydrogens is 330 g/mol. The highest BCUT2D eigenvalue weighted by Crippen LogP contribution is 2.30. The number of carbonyl (C=O) groups is 1. The van der Waals surface area contributed by atoms with Crippen molar-refractivity contribution in [3.05, 3.63) is 21.0 Å². The molecule has 1 atom stereocenters. The largest absolute Gasteiger partial charge is 0.466 e. The summed E-state index contributed by atoms with van der Waals surface area (Å²) in [7, 11) is 0. The van der Waals surface area contributed by atoms with E-state index in [0.29, 0.717) is 17.0 Å². The van der Waals surface area contributed by atoms with Crippen LogP contribution in [-0.4, -0.2) is 12.6 Å². The number of nitrogens with two attached hydrogens (primary N) is 1. The number of ether oxygens (including phenoxy) is 1. The van der Waals surface area contributed by atoms with Gasteiger partial charge in [0.1, 0.15) is 5.76 Å². The smallest absolute Gasteiger partial charge is 0.307 e. The molecule has 0 aromatic carbocycles. The van der Waals surface area contributed by atoms with Crippen molar-refractivity contribution in [1.29, 1.82) is 0 Å². The third-order valence-corrected chi connectivity index (χ3v) is 3.43. The normalized spacial score (nSPS) is 12.5. The number of hydrogen-bond acceptors (Lipinski definition) is 4. The van der Waals surface area contributed by atoms with Crippen LogP contribution < -0.4 is 5.73 Å². The van der Waals surface area contributed by atoms with Crippen LogP contribution in [0.4, 0.5) is 0 Å². The van der Waals surface area contributed by atoms with Gasteiger partial charge in [0.05, 0.1) is 23.5 Å². The molecule has 0 saturated heterocycles. The van der Waals surface area contributed by atoms with Gasteiger partial charge in [0, 0.05) is 0 Å². The van der Waals surface area contributed by atoms with Crippen LogP contribution in [0.2, 0.25) is 0 Å². The summed E-state index contributed by atoms with van der Waals surface area (Å²) in [5.74, 6) is 0.218. The van der Waals surface area contributed by atoms with Crippen LogP contribution in [0.25, 0.3) is 0 Å². The predicted molar refractivity (Wildman–Crippen MR) is 62.3 cm³/mol. The monoisotopic (exact) mass is 339 g/mol. The van der Waals surface area contributed by atoms with Gasteiger partial charge in [0.25, 0.3) is 0 Å². The van der Waals surface area contributed by atoms with Crippen molar-refractivity contribution in [3.8, 4) is 0 Å². The van der Waals surface area contributed by atoms with Crippen LogP contribution in [-0.2, 0) is 9.53 Å². The van der Waals surface area contributed by atoms with Crippen LogP contribution in [0.3, 0.4) is 0 Å². The first-order valence-corrected chi connectivity index (χ1v) is 5.99. The topological polar surface area (TPSA) is 65.5 Å². The molecule has 0 aliphatic carbocycles.